The zero-order chi connectivity index (χ0) is 11.3. The molecule has 0 saturated carbocycles. The zero-order valence-corrected chi connectivity index (χ0v) is 9.11. The van der Waals surface area contributed by atoms with Crippen LogP contribution in [0.3, 0.4) is 0 Å². The maximum absolute atomic E-state index is 11.2. The molecule has 0 saturated heterocycles. The lowest BCUT2D eigenvalue weighted by Gasteiger charge is -2.15. The van der Waals surface area contributed by atoms with E-state index in [4.69, 9.17) is 4.74 Å². The summed E-state index contributed by atoms with van der Waals surface area (Å²) < 4.78 is 9.76. The SMILES string of the molecule is COC(=O)C(C)Nc1ccccc1OC. The van der Waals surface area contributed by atoms with Crippen LogP contribution in [0, 0.1) is 0 Å². The standard InChI is InChI=1S/C11H15NO3/c1-8(11(13)15-3)12-9-6-4-5-7-10(9)14-2/h4-8,12H,1-3H3. The van der Waals surface area contributed by atoms with Gasteiger partial charge in [0.25, 0.3) is 0 Å². The zero-order valence-electron chi connectivity index (χ0n) is 9.11. The molecule has 1 aromatic carbocycles. The van der Waals surface area contributed by atoms with Crippen LogP contribution in [0.1, 0.15) is 6.92 Å². The van der Waals surface area contributed by atoms with Crippen molar-refractivity contribution < 1.29 is 14.3 Å². The summed E-state index contributed by atoms with van der Waals surface area (Å²) >= 11 is 0. The van der Waals surface area contributed by atoms with Gasteiger partial charge in [-0.25, -0.2) is 4.79 Å². The van der Waals surface area contributed by atoms with Crippen LogP contribution in [0.15, 0.2) is 24.3 Å². The molecule has 1 atom stereocenters. The minimum atomic E-state index is -0.397. The predicted molar refractivity (Wildman–Crippen MR) is 58.1 cm³/mol. The summed E-state index contributed by atoms with van der Waals surface area (Å²) in [6, 6.07) is 7.01. The molecule has 0 bridgehead atoms. The molecule has 0 fully saturated rings. The summed E-state index contributed by atoms with van der Waals surface area (Å²) in [5.74, 6) is 0.397. The molecule has 0 aliphatic heterocycles. The van der Waals surface area contributed by atoms with E-state index in [-0.39, 0.29) is 5.97 Å². The molecular formula is C11H15NO3. The van der Waals surface area contributed by atoms with Gasteiger partial charge in [0.05, 0.1) is 19.9 Å². The van der Waals surface area contributed by atoms with Gasteiger partial charge in [-0.05, 0) is 19.1 Å². The molecule has 0 aromatic heterocycles. The third-order valence-corrected chi connectivity index (χ3v) is 2.03. The maximum atomic E-state index is 11.2. The van der Waals surface area contributed by atoms with Crippen molar-refractivity contribution in [2.75, 3.05) is 19.5 Å². The summed E-state index contributed by atoms with van der Waals surface area (Å²) in [5, 5.41) is 3.01. The molecule has 15 heavy (non-hydrogen) atoms. The molecule has 0 aliphatic carbocycles. The molecule has 0 radical (unpaired) electrons. The molecule has 0 aliphatic rings. The Bertz CT molecular complexity index is 338. The van der Waals surface area contributed by atoms with E-state index >= 15 is 0 Å². The highest BCUT2D eigenvalue weighted by molar-refractivity contribution is 5.79. The Morgan fingerprint density at radius 1 is 1.33 bits per heavy atom. The fourth-order valence-corrected chi connectivity index (χ4v) is 1.23. The number of hydrogen-bond acceptors (Lipinski definition) is 4. The Labute approximate surface area is 89.2 Å². The van der Waals surface area contributed by atoms with Crippen molar-refractivity contribution in [3.05, 3.63) is 24.3 Å². The number of methoxy groups -OCH3 is 2. The van der Waals surface area contributed by atoms with Gasteiger partial charge in [-0.3, -0.25) is 0 Å². The van der Waals surface area contributed by atoms with Gasteiger partial charge >= 0.3 is 5.97 Å². The monoisotopic (exact) mass is 209 g/mol. The van der Waals surface area contributed by atoms with Crippen molar-refractivity contribution in [3.63, 3.8) is 0 Å². The van der Waals surface area contributed by atoms with Gasteiger partial charge in [-0.1, -0.05) is 12.1 Å². The van der Waals surface area contributed by atoms with E-state index in [1.807, 2.05) is 24.3 Å². The normalized spacial score (nSPS) is 11.7. The van der Waals surface area contributed by atoms with E-state index in [9.17, 15) is 4.79 Å². The number of carbonyl (C=O) groups is 1. The fraction of sp³-hybridized carbons (Fsp3) is 0.364. The van der Waals surface area contributed by atoms with Crippen LogP contribution in [0.25, 0.3) is 0 Å². The van der Waals surface area contributed by atoms with E-state index < -0.39 is 6.04 Å². The van der Waals surface area contributed by atoms with Gasteiger partial charge in [-0.15, -0.1) is 0 Å². The first-order chi connectivity index (χ1) is 7.19. The van der Waals surface area contributed by atoms with Gasteiger partial charge in [0.2, 0.25) is 0 Å². The lowest BCUT2D eigenvalue weighted by atomic mass is 10.2. The van der Waals surface area contributed by atoms with Crippen LogP contribution in [-0.4, -0.2) is 26.2 Å². The minimum Gasteiger partial charge on any atom is -0.495 e. The number of hydrogen-bond donors (Lipinski definition) is 1. The first kappa shape index (κ1) is 11.4. The van der Waals surface area contributed by atoms with E-state index in [1.54, 1.807) is 14.0 Å². The van der Waals surface area contributed by atoms with Crippen molar-refractivity contribution in [2.45, 2.75) is 13.0 Å². The van der Waals surface area contributed by atoms with Crippen LogP contribution < -0.4 is 10.1 Å². The smallest absolute Gasteiger partial charge is 0.327 e. The van der Waals surface area contributed by atoms with Crippen LogP contribution in [0.5, 0.6) is 5.75 Å². The molecule has 1 N–H and O–H groups in total. The number of carbonyl (C=O) groups excluding carboxylic acids is 1. The average Bonchev–Trinajstić information content (AvgIpc) is 2.28. The number of rotatable bonds is 4. The first-order valence-electron chi connectivity index (χ1n) is 4.66. The van der Waals surface area contributed by atoms with Gasteiger partial charge in [0.15, 0.2) is 0 Å². The van der Waals surface area contributed by atoms with Crippen LogP contribution in [-0.2, 0) is 9.53 Å². The molecule has 0 heterocycles. The topological polar surface area (TPSA) is 47.6 Å². The van der Waals surface area contributed by atoms with Gasteiger partial charge in [0.1, 0.15) is 11.8 Å². The van der Waals surface area contributed by atoms with E-state index in [0.29, 0.717) is 5.75 Å². The van der Waals surface area contributed by atoms with Crippen molar-refractivity contribution in [1.29, 1.82) is 0 Å². The second-order valence-corrected chi connectivity index (χ2v) is 3.09. The van der Waals surface area contributed by atoms with Crippen molar-refractivity contribution in [2.24, 2.45) is 0 Å². The summed E-state index contributed by atoms with van der Waals surface area (Å²) in [4.78, 5) is 11.2. The lowest BCUT2D eigenvalue weighted by Crippen LogP contribution is -2.27. The van der Waals surface area contributed by atoms with Crippen molar-refractivity contribution >= 4 is 11.7 Å². The molecule has 4 nitrogen and oxygen atoms in total. The largest absolute Gasteiger partial charge is 0.495 e. The summed E-state index contributed by atoms with van der Waals surface area (Å²) in [6.45, 7) is 1.73. The number of ether oxygens (including phenoxy) is 2. The third-order valence-electron chi connectivity index (χ3n) is 2.03. The van der Waals surface area contributed by atoms with Crippen LogP contribution in [0.2, 0.25) is 0 Å². The molecule has 1 unspecified atom stereocenters. The lowest BCUT2D eigenvalue weighted by molar-refractivity contribution is -0.141. The Kier molecular flexibility index (Phi) is 3.97. The minimum absolute atomic E-state index is 0.305. The number of nitrogens with one attached hydrogen (secondary N) is 1. The number of para-hydroxylation sites is 2. The van der Waals surface area contributed by atoms with Gasteiger partial charge in [0, 0.05) is 0 Å². The van der Waals surface area contributed by atoms with Crippen LogP contribution in [0.4, 0.5) is 5.69 Å². The van der Waals surface area contributed by atoms with Gasteiger partial charge < -0.3 is 14.8 Å². The van der Waals surface area contributed by atoms with Crippen molar-refractivity contribution in [3.8, 4) is 5.75 Å². The number of benzene rings is 1. The first-order valence-corrected chi connectivity index (χ1v) is 4.66. The summed E-state index contributed by atoms with van der Waals surface area (Å²) in [6.07, 6.45) is 0. The van der Waals surface area contributed by atoms with Crippen LogP contribution >= 0.6 is 0 Å². The van der Waals surface area contributed by atoms with Gasteiger partial charge in [-0.2, -0.15) is 0 Å². The highest BCUT2D eigenvalue weighted by Crippen LogP contribution is 2.23. The highest BCUT2D eigenvalue weighted by Gasteiger charge is 2.13. The Morgan fingerprint density at radius 2 is 2.00 bits per heavy atom. The Balaban J connectivity index is 2.75. The predicted octanol–water partition coefficient (Wildman–Crippen LogP) is 1.67. The van der Waals surface area contributed by atoms with E-state index in [0.717, 1.165) is 5.69 Å². The molecular weight excluding hydrogens is 194 g/mol. The third kappa shape index (κ3) is 2.87. The summed E-state index contributed by atoms with van der Waals surface area (Å²) in [7, 11) is 2.95. The number of esters is 1. The molecule has 1 rings (SSSR count). The highest BCUT2D eigenvalue weighted by atomic mass is 16.5. The summed E-state index contributed by atoms with van der Waals surface area (Å²) in [5.41, 5.74) is 0.776. The molecule has 0 spiro atoms. The van der Waals surface area contributed by atoms with E-state index in [1.165, 1.54) is 7.11 Å². The van der Waals surface area contributed by atoms with Crippen molar-refractivity contribution in [1.82, 2.24) is 0 Å². The Hall–Kier alpha value is -1.71. The second-order valence-electron chi connectivity index (χ2n) is 3.09. The molecule has 82 valence electrons. The Morgan fingerprint density at radius 3 is 2.60 bits per heavy atom. The second kappa shape index (κ2) is 5.24. The molecule has 1 aromatic rings. The molecule has 0 amide bonds. The van der Waals surface area contributed by atoms with E-state index in [2.05, 4.69) is 10.1 Å². The molecule has 4 heteroatoms. The average molecular weight is 209 g/mol. The quantitative estimate of drug-likeness (QED) is 0.766. The fourth-order valence-electron chi connectivity index (χ4n) is 1.23. The number of anilines is 1. The maximum Gasteiger partial charge on any atom is 0.327 e.